The Hall–Kier alpha value is -1.33. The van der Waals surface area contributed by atoms with Crippen LogP contribution in [0.2, 0.25) is 5.02 Å². The largest absolute Gasteiger partial charge is 0.394 e. The van der Waals surface area contributed by atoms with Gasteiger partial charge < -0.3 is 15.3 Å². The number of likely N-dealkylation sites (tertiary alicyclic amines) is 1. The number of aliphatic hydroxyl groups excluding tert-OH is 1. The molecule has 1 aromatic heterocycles. The first-order valence-corrected chi connectivity index (χ1v) is 6.86. The quantitative estimate of drug-likeness (QED) is 0.884. The van der Waals surface area contributed by atoms with E-state index >= 15 is 0 Å². The van der Waals surface area contributed by atoms with Crippen LogP contribution in [0.1, 0.15) is 30.1 Å². The highest BCUT2D eigenvalue weighted by atomic mass is 35.5. The van der Waals surface area contributed by atoms with Crippen molar-refractivity contribution in [1.82, 2.24) is 9.88 Å². The number of aliphatic hydroxyl groups is 1. The van der Waals surface area contributed by atoms with Crippen molar-refractivity contribution < 1.29 is 9.90 Å². The van der Waals surface area contributed by atoms with Crippen molar-refractivity contribution in [3.8, 4) is 0 Å². The molecule has 1 aliphatic heterocycles. The normalized spacial score (nSPS) is 18.7. The molecule has 0 aromatic carbocycles. The van der Waals surface area contributed by atoms with Crippen molar-refractivity contribution in [2.45, 2.75) is 25.8 Å². The number of halogens is 1. The number of hydrogen-bond donors (Lipinski definition) is 2. The van der Waals surface area contributed by atoms with Gasteiger partial charge in [-0.15, -0.1) is 0 Å². The number of pyridine rings is 1. The lowest BCUT2D eigenvalue weighted by Gasteiger charge is -2.23. The number of nitrogens with zero attached hydrogens (tertiary/aromatic N) is 2. The van der Waals surface area contributed by atoms with Crippen LogP contribution in [0.15, 0.2) is 12.3 Å². The van der Waals surface area contributed by atoms with Gasteiger partial charge >= 0.3 is 0 Å². The summed E-state index contributed by atoms with van der Waals surface area (Å²) >= 11 is 6.08. The minimum atomic E-state index is -0.117. The van der Waals surface area contributed by atoms with Crippen LogP contribution in [0.4, 0.5) is 5.82 Å². The molecule has 0 aliphatic carbocycles. The lowest BCUT2D eigenvalue weighted by atomic mass is 10.2. The standard InChI is InChI=1S/C13H18ClN3O2/c1-2-15-12-11(14)6-9(7-16-12)13(19)17-5-3-4-10(17)8-18/h6-7,10,18H,2-5,8H2,1H3,(H,15,16). The zero-order chi connectivity index (χ0) is 13.8. The molecule has 1 fully saturated rings. The van der Waals surface area contributed by atoms with E-state index in [-0.39, 0.29) is 18.6 Å². The average Bonchev–Trinajstić information content (AvgIpc) is 2.88. The fraction of sp³-hybridized carbons (Fsp3) is 0.538. The van der Waals surface area contributed by atoms with Gasteiger partial charge in [-0.2, -0.15) is 0 Å². The summed E-state index contributed by atoms with van der Waals surface area (Å²) in [5.74, 6) is 0.467. The fourth-order valence-corrected chi connectivity index (χ4v) is 2.54. The number of hydrogen-bond acceptors (Lipinski definition) is 4. The van der Waals surface area contributed by atoms with Crippen molar-refractivity contribution in [3.63, 3.8) is 0 Å². The zero-order valence-corrected chi connectivity index (χ0v) is 11.7. The number of nitrogens with one attached hydrogen (secondary N) is 1. The lowest BCUT2D eigenvalue weighted by Crippen LogP contribution is -2.37. The highest BCUT2D eigenvalue weighted by molar-refractivity contribution is 6.33. The predicted molar refractivity (Wildman–Crippen MR) is 74.6 cm³/mol. The van der Waals surface area contributed by atoms with Gasteiger partial charge in [-0.1, -0.05) is 11.6 Å². The Morgan fingerprint density at radius 3 is 3.11 bits per heavy atom. The molecule has 1 saturated heterocycles. The van der Waals surface area contributed by atoms with Gasteiger partial charge in [0.1, 0.15) is 5.82 Å². The topological polar surface area (TPSA) is 65.5 Å². The van der Waals surface area contributed by atoms with E-state index < -0.39 is 0 Å². The number of aromatic nitrogens is 1. The van der Waals surface area contributed by atoms with Gasteiger partial charge in [-0.25, -0.2) is 4.98 Å². The minimum absolute atomic E-state index is 0.00236. The first kappa shape index (κ1) is 14.1. The molecule has 0 spiro atoms. The SMILES string of the molecule is CCNc1ncc(C(=O)N2CCCC2CO)cc1Cl. The molecule has 0 bridgehead atoms. The third-order valence-corrected chi connectivity index (χ3v) is 3.57. The molecular weight excluding hydrogens is 266 g/mol. The number of carbonyl (C=O) groups is 1. The molecule has 1 atom stereocenters. The van der Waals surface area contributed by atoms with Crippen LogP contribution in [0.3, 0.4) is 0 Å². The summed E-state index contributed by atoms with van der Waals surface area (Å²) in [6, 6.07) is 1.54. The molecule has 1 unspecified atom stereocenters. The molecule has 1 aromatic rings. The fourth-order valence-electron chi connectivity index (χ4n) is 2.31. The van der Waals surface area contributed by atoms with E-state index in [1.807, 2.05) is 6.92 Å². The van der Waals surface area contributed by atoms with Gasteiger partial charge in [-0.3, -0.25) is 4.79 Å². The first-order chi connectivity index (χ1) is 9.17. The van der Waals surface area contributed by atoms with Crippen molar-refractivity contribution >= 4 is 23.3 Å². The monoisotopic (exact) mass is 283 g/mol. The van der Waals surface area contributed by atoms with E-state index in [1.54, 1.807) is 11.0 Å². The predicted octanol–water partition coefficient (Wildman–Crippen LogP) is 1.76. The second-order valence-corrected chi connectivity index (χ2v) is 4.97. The van der Waals surface area contributed by atoms with Crippen molar-refractivity contribution in [2.24, 2.45) is 0 Å². The summed E-state index contributed by atoms with van der Waals surface area (Å²) < 4.78 is 0. The maximum atomic E-state index is 12.3. The van der Waals surface area contributed by atoms with Crippen molar-refractivity contribution in [1.29, 1.82) is 0 Å². The highest BCUT2D eigenvalue weighted by Crippen LogP contribution is 2.23. The van der Waals surface area contributed by atoms with Crippen molar-refractivity contribution in [3.05, 3.63) is 22.8 Å². The van der Waals surface area contributed by atoms with E-state index in [9.17, 15) is 9.90 Å². The van der Waals surface area contributed by atoms with Crippen LogP contribution in [0, 0.1) is 0 Å². The maximum absolute atomic E-state index is 12.3. The van der Waals surface area contributed by atoms with Gasteiger partial charge in [-0.05, 0) is 25.8 Å². The molecule has 1 amide bonds. The molecule has 0 saturated carbocycles. The van der Waals surface area contributed by atoms with Crippen LogP contribution in [-0.4, -0.2) is 46.6 Å². The number of anilines is 1. The highest BCUT2D eigenvalue weighted by Gasteiger charge is 2.29. The summed E-state index contributed by atoms with van der Waals surface area (Å²) in [4.78, 5) is 18.2. The van der Waals surface area contributed by atoms with E-state index in [0.717, 1.165) is 19.4 Å². The van der Waals surface area contributed by atoms with Crippen LogP contribution in [0.5, 0.6) is 0 Å². The van der Waals surface area contributed by atoms with Gasteiger partial charge in [0.15, 0.2) is 0 Å². The molecule has 2 rings (SSSR count). The van der Waals surface area contributed by atoms with Crippen molar-refractivity contribution in [2.75, 3.05) is 25.0 Å². The minimum Gasteiger partial charge on any atom is -0.394 e. The van der Waals surface area contributed by atoms with Crippen LogP contribution < -0.4 is 5.32 Å². The summed E-state index contributed by atoms with van der Waals surface area (Å²) in [6.07, 6.45) is 3.30. The van der Waals surface area contributed by atoms with E-state index in [2.05, 4.69) is 10.3 Å². The number of carbonyl (C=O) groups excluding carboxylic acids is 1. The number of rotatable bonds is 4. The molecule has 5 nitrogen and oxygen atoms in total. The summed E-state index contributed by atoms with van der Waals surface area (Å²) in [5, 5.41) is 12.7. The third kappa shape index (κ3) is 2.98. The smallest absolute Gasteiger partial charge is 0.255 e. The second-order valence-electron chi connectivity index (χ2n) is 4.56. The molecule has 2 heterocycles. The van der Waals surface area contributed by atoms with Gasteiger partial charge in [0, 0.05) is 19.3 Å². The summed E-state index contributed by atoms with van der Waals surface area (Å²) in [5.41, 5.74) is 0.465. The van der Waals surface area contributed by atoms with Crippen LogP contribution in [-0.2, 0) is 0 Å². The maximum Gasteiger partial charge on any atom is 0.255 e. The lowest BCUT2D eigenvalue weighted by molar-refractivity contribution is 0.0677. The third-order valence-electron chi connectivity index (χ3n) is 3.28. The van der Waals surface area contributed by atoms with E-state index in [1.165, 1.54) is 6.20 Å². The molecular formula is C13H18ClN3O2. The molecule has 2 N–H and O–H groups in total. The Bertz CT molecular complexity index is 467. The molecule has 0 radical (unpaired) electrons. The summed E-state index contributed by atoms with van der Waals surface area (Å²) in [7, 11) is 0. The summed E-state index contributed by atoms with van der Waals surface area (Å²) in [6.45, 7) is 3.35. The number of amides is 1. The van der Waals surface area contributed by atoms with E-state index in [4.69, 9.17) is 11.6 Å². The molecule has 6 heteroatoms. The van der Waals surface area contributed by atoms with Gasteiger partial charge in [0.2, 0.25) is 0 Å². The average molecular weight is 284 g/mol. The van der Waals surface area contributed by atoms with E-state index in [0.29, 0.717) is 22.9 Å². The van der Waals surface area contributed by atoms with Gasteiger partial charge in [0.05, 0.1) is 23.2 Å². The molecule has 19 heavy (non-hydrogen) atoms. The van der Waals surface area contributed by atoms with Gasteiger partial charge in [0.25, 0.3) is 5.91 Å². The Kier molecular flexibility index (Phi) is 4.61. The zero-order valence-electron chi connectivity index (χ0n) is 10.9. The Labute approximate surface area is 117 Å². The van der Waals surface area contributed by atoms with Crippen LogP contribution in [0.25, 0.3) is 0 Å². The Morgan fingerprint density at radius 1 is 1.68 bits per heavy atom. The Morgan fingerprint density at radius 2 is 2.47 bits per heavy atom. The Balaban J connectivity index is 2.17. The molecule has 104 valence electrons. The second kappa shape index (κ2) is 6.21. The van der Waals surface area contributed by atoms with Crippen LogP contribution >= 0.6 is 11.6 Å². The molecule has 1 aliphatic rings. The first-order valence-electron chi connectivity index (χ1n) is 6.48.